The topological polar surface area (TPSA) is 64.3 Å². The van der Waals surface area contributed by atoms with Crippen molar-refractivity contribution in [1.82, 2.24) is 0 Å². The number of hydrogen-bond donors (Lipinski definition) is 2. The van der Waals surface area contributed by atoms with E-state index in [2.05, 4.69) is 21.2 Å². The Balaban J connectivity index is 1.99. The quantitative estimate of drug-likeness (QED) is 0.825. The Morgan fingerprint density at radius 1 is 1.24 bits per heavy atom. The van der Waals surface area contributed by atoms with Gasteiger partial charge >= 0.3 is 0 Å². The number of nitrogens with one attached hydrogen (secondary N) is 1. The molecule has 0 aliphatic carbocycles. The first-order valence-electron chi connectivity index (χ1n) is 5.88. The third-order valence-corrected chi connectivity index (χ3v) is 3.03. The van der Waals surface area contributed by atoms with E-state index in [1.165, 1.54) is 30.3 Å². The third kappa shape index (κ3) is 4.16. The number of halogens is 3. The first kappa shape index (κ1) is 15.2. The summed E-state index contributed by atoms with van der Waals surface area (Å²) in [5, 5.41) is 2.39. The fraction of sp³-hybridized carbons (Fsp3) is 0.0714. The average molecular weight is 357 g/mol. The number of benzene rings is 2. The number of amides is 1. The van der Waals surface area contributed by atoms with Crippen LogP contribution < -0.4 is 15.8 Å². The van der Waals surface area contributed by atoms with E-state index in [0.29, 0.717) is 4.47 Å². The molecular weight excluding hydrogens is 346 g/mol. The average Bonchev–Trinajstić information content (AvgIpc) is 2.44. The van der Waals surface area contributed by atoms with Gasteiger partial charge in [0.1, 0.15) is 5.82 Å². The minimum atomic E-state index is -0.587. The summed E-state index contributed by atoms with van der Waals surface area (Å²) in [5.74, 6) is -1.76. The van der Waals surface area contributed by atoms with Crippen molar-refractivity contribution < 1.29 is 18.3 Å². The van der Waals surface area contributed by atoms with Crippen molar-refractivity contribution in [2.45, 2.75) is 0 Å². The standard InChI is InChI=1S/C14H11BrF2N2O2/c15-8-1-3-10(17)13(5-8)21-7-14(20)19-12-6-9(16)2-4-11(12)18/h1-6H,7,18H2,(H,19,20). The Morgan fingerprint density at radius 3 is 2.76 bits per heavy atom. The van der Waals surface area contributed by atoms with E-state index in [-0.39, 0.29) is 17.1 Å². The smallest absolute Gasteiger partial charge is 0.262 e. The maximum atomic E-state index is 13.4. The molecule has 0 saturated heterocycles. The van der Waals surface area contributed by atoms with Crippen molar-refractivity contribution in [2.24, 2.45) is 0 Å². The molecule has 0 unspecified atom stereocenters. The van der Waals surface area contributed by atoms with Gasteiger partial charge in [0.25, 0.3) is 5.91 Å². The lowest BCUT2D eigenvalue weighted by atomic mass is 10.2. The number of anilines is 2. The minimum absolute atomic E-state index is 0.0632. The molecule has 0 bridgehead atoms. The normalized spacial score (nSPS) is 10.2. The van der Waals surface area contributed by atoms with Crippen molar-refractivity contribution in [2.75, 3.05) is 17.7 Å². The first-order valence-corrected chi connectivity index (χ1v) is 6.68. The Morgan fingerprint density at radius 2 is 2.00 bits per heavy atom. The van der Waals surface area contributed by atoms with E-state index in [1.54, 1.807) is 0 Å². The zero-order valence-electron chi connectivity index (χ0n) is 10.7. The van der Waals surface area contributed by atoms with Gasteiger partial charge in [-0.25, -0.2) is 8.78 Å². The SMILES string of the molecule is Nc1ccc(F)cc1NC(=O)COc1cc(Br)ccc1F. The van der Waals surface area contributed by atoms with E-state index in [0.717, 1.165) is 6.07 Å². The number of carbonyl (C=O) groups excluding carboxylic acids is 1. The molecule has 0 heterocycles. The maximum Gasteiger partial charge on any atom is 0.262 e. The molecule has 3 N–H and O–H groups in total. The molecule has 0 spiro atoms. The van der Waals surface area contributed by atoms with Gasteiger partial charge in [-0.15, -0.1) is 0 Å². The number of nitrogens with two attached hydrogens (primary N) is 1. The first-order chi connectivity index (χ1) is 9.95. The highest BCUT2D eigenvalue weighted by Crippen LogP contribution is 2.22. The van der Waals surface area contributed by atoms with E-state index >= 15 is 0 Å². The van der Waals surface area contributed by atoms with Crippen molar-refractivity contribution in [3.05, 3.63) is 52.5 Å². The fourth-order valence-corrected chi connectivity index (χ4v) is 1.89. The van der Waals surface area contributed by atoms with Gasteiger partial charge in [-0.05, 0) is 36.4 Å². The van der Waals surface area contributed by atoms with Crippen LogP contribution in [0.1, 0.15) is 0 Å². The molecule has 1 amide bonds. The van der Waals surface area contributed by atoms with Crippen LogP contribution in [0.3, 0.4) is 0 Å². The molecule has 0 aliphatic rings. The molecular formula is C14H11BrF2N2O2. The zero-order chi connectivity index (χ0) is 15.4. The van der Waals surface area contributed by atoms with Gasteiger partial charge in [0.05, 0.1) is 11.4 Å². The van der Waals surface area contributed by atoms with E-state index in [4.69, 9.17) is 10.5 Å². The van der Waals surface area contributed by atoms with Gasteiger partial charge in [-0.2, -0.15) is 0 Å². The number of rotatable bonds is 4. The van der Waals surface area contributed by atoms with Crippen molar-refractivity contribution in [1.29, 1.82) is 0 Å². The molecule has 0 fully saturated rings. The summed E-state index contributed by atoms with van der Waals surface area (Å²) in [6.45, 7) is -0.427. The summed E-state index contributed by atoms with van der Waals surface area (Å²) in [6, 6.07) is 7.72. The van der Waals surface area contributed by atoms with Gasteiger partial charge in [-0.1, -0.05) is 15.9 Å². The molecule has 2 aromatic carbocycles. The molecule has 2 aromatic rings. The van der Waals surface area contributed by atoms with Crippen LogP contribution in [0.2, 0.25) is 0 Å². The molecule has 21 heavy (non-hydrogen) atoms. The van der Waals surface area contributed by atoms with Crippen LogP contribution in [0.25, 0.3) is 0 Å². The third-order valence-electron chi connectivity index (χ3n) is 2.54. The predicted octanol–water partition coefficient (Wildman–Crippen LogP) is 3.33. The summed E-state index contributed by atoms with van der Waals surface area (Å²) in [7, 11) is 0. The van der Waals surface area contributed by atoms with Crippen LogP contribution in [-0.4, -0.2) is 12.5 Å². The van der Waals surface area contributed by atoms with E-state index in [1.807, 2.05) is 0 Å². The van der Waals surface area contributed by atoms with E-state index < -0.39 is 24.1 Å². The van der Waals surface area contributed by atoms with Crippen molar-refractivity contribution in [3.63, 3.8) is 0 Å². The van der Waals surface area contributed by atoms with Gasteiger partial charge in [0.2, 0.25) is 0 Å². The number of nitrogen functional groups attached to an aromatic ring is 1. The lowest BCUT2D eigenvalue weighted by Crippen LogP contribution is -2.21. The summed E-state index contributed by atoms with van der Waals surface area (Å²) in [4.78, 5) is 11.7. The summed E-state index contributed by atoms with van der Waals surface area (Å²) < 4.78 is 32.2. The molecule has 0 aliphatic heterocycles. The van der Waals surface area contributed by atoms with Crippen LogP contribution >= 0.6 is 15.9 Å². The second-order valence-electron chi connectivity index (χ2n) is 4.14. The molecule has 7 heteroatoms. The zero-order valence-corrected chi connectivity index (χ0v) is 12.3. The minimum Gasteiger partial charge on any atom is -0.481 e. The van der Waals surface area contributed by atoms with Gasteiger partial charge in [0.15, 0.2) is 18.2 Å². The highest BCUT2D eigenvalue weighted by atomic mass is 79.9. The highest BCUT2D eigenvalue weighted by Gasteiger charge is 2.10. The molecule has 0 atom stereocenters. The van der Waals surface area contributed by atoms with E-state index in [9.17, 15) is 13.6 Å². The Bertz CT molecular complexity index is 680. The largest absolute Gasteiger partial charge is 0.481 e. The number of ether oxygens (including phenoxy) is 1. The number of hydrogen-bond acceptors (Lipinski definition) is 3. The lowest BCUT2D eigenvalue weighted by Gasteiger charge is -2.10. The molecule has 2 rings (SSSR count). The maximum absolute atomic E-state index is 13.4. The monoisotopic (exact) mass is 356 g/mol. The number of carbonyl (C=O) groups is 1. The molecule has 0 saturated carbocycles. The second-order valence-corrected chi connectivity index (χ2v) is 5.06. The molecule has 0 radical (unpaired) electrons. The van der Waals surface area contributed by atoms with Crippen LogP contribution in [-0.2, 0) is 4.79 Å². The Labute approximate surface area is 128 Å². The van der Waals surface area contributed by atoms with Crippen molar-refractivity contribution >= 4 is 33.2 Å². The predicted molar refractivity (Wildman–Crippen MR) is 79.0 cm³/mol. The Kier molecular flexibility index (Phi) is 4.74. The Hall–Kier alpha value is -2.15. The molecule has 110 valence electrons. The van der Waals surface area contributed by atoms with Crippen LogP contribution in [0.5, 0.6) is 5.75 Å². The summed E-state index contributed by atoms with van der Waals surface area (Å²) >= 11 is 3.17. The fourth-order valence-electron chi connectivity index (χ4n) is 1.55. The molecule has 4 nitrogen and oxygen atoms in total. The van der Waals surface area contributed by atoms with Gasteiger partial charge in [0, 0.05) is 4.47 Å². The van der Waals surface area contributed by atoms with Crippen LogP contribution in [0.15, 0.2) is 40.9 Å². The van der Waals surface area contributed by atoms with Crippen LogP contribution in [0.4, 0.5) is 20.2 Å². The van der Waals surface area contributed by atoms with Gasteiger partial charge < -0.3 is 15.8 Å². The van der Waals surface area contributed by atoms with Crippen molar-refractivity contribution in [3.8, 4) is 5.75 Å². The molecule has 0 aromatic heterocycles. The second kappa shape index (κ2) is 6.53. The summed E-state index contributed by atoms with van der Waals surface area (Å²) in [5.41, 5.74) is 5.96. The van der Waals surface area contributed by atoms with Gasteiger partial charge in [-0.3, -0.25) is 4.79 Å². The summed E-state index contributed by atoms with van der Waals surface area (Å²) in [6.07, 6.45) is 0. The van der Waals surface area contributed by atoms with Crippen LogP contribution in [0, 0.1) is 11.6 Å². The highest BCUT2D eigenvalue weighted by molar-refractivity contribution is 9.10. The lowest BCUT2D eigenvalue weighted by molar-refractivity contribution is -0.118.